The molecule has 0 unspecified atom stereocenters. The Hall–Kier alpha value is -3.97. The number of hydrogen-bond donors (Lipinski definition) is 2. The number of rotatable bonds is 5. The molecular formula is C18H13N5O4S. The minimum Gasteiger partial charge on any atom is -0.455 e. The van der Waals surface area contributed by atoms with Crippen LogP contribution in [-0.4, -0.2) is 17.0 Å². The van der Waals surface area contributed by atoms with Crippen LogP contribution >= 0.6 is 11.3 Å². The highest BCUT2D eigenvalue weighted by Crippen LogP contribution is 2.29. The average Bonchev–Trinajstić information content (AvgIpc) is 3.26. The van der Waals surface area contributed by atoms with Gasteiger partial charge in [0, 0.05) is 17.7 Å². The number of hydrogen-bond acceptors (Lipinski definition) is 8. The van der Waals surface area contributed by atoms with Gasteiger partial charge in [0.15, 0.2) is 0 Å². The molecule has 0 spiro atoms. The van der Waals surface area contributed by atoms with Crippen molar-refractivity contribution in [2.75, 3.05) is 5.73 Å². The van der Waals surface area contributed by atoms with Crippen LogP contribution in [0.4, 0.5) is 10.7 Å². The van der Waals surface area contributed by atoms with Crippen molar-refractivity contribution in [3.63, 3.8) is 0 Å². The predicted molar refractivity (Wildman–Crippen MR) is 104 cm³/mol. The van der Waals surface area contributed by atoms with Crippen molar-refractivity contribution in [2.45, 2.75) is 6.92 Å². The number of nitro groups is 1. The first-order chi connectivity index (χ1) is 13.4. The minimum atomic E-state index is -0.478. The zero-order valence-electron chi connectivity index (χ0n) is 14.5. The smallest absolute Gasteiger partial charge is 0.281 e. The van der Waals surface area contributed by atoms with E-state index in [0.29, 0.717) is 27.5 Å². The van der Waals surface area contributed by atoms with Gasteiger partial charge in [-0.05, 0) is 36.8 Å². The van der Waals surface area contributed by atoms with Crippen molar-refractivity contribution in [1.82, 2.24) is 5.43 Å². The summed E-state index contributed by atoms with van der Waals surface area (Å²) in [5, 5.41) is 23.9. The second-order valence-electron chi connectivity index (χ2n) is 5.61. The van der Waals surface area contributed by atoms with Crippen LogP contribution in [0.5, 0.6) is 0 Å². The van der Waals surface area contributed by atoms with Gasteiger partial charge in [-0.3, -0.25) is 14.9 Å². The SMILES string of the molecule is Cc1c(C(=O)N/N=C\c2ccc(-c3ccc([N+](=O)[O-])cc3)o2)sc(N)c1C#N. The number of nitrogens with one attached hydrogen (secondary N) is 1. The summed E-state index contributed by atoms with van der Waals surface area (Å²) in [5.74, 6) is 0.408. The number of thiophene rings is 1. The first-order valence-electron chi connectivity index (χ1n) is 7.87. The quantitative estimate of drug-likeness (QED) is 0.384. The molecule has 3 N–H and O–H groups in total. The molecule has 0 aliphatic carbocycles. The Morgan fingerprint density at radius 2 is 2.07 bits per heavy atom. The lowest BCUT2D eigenvalue weighted by Gasteiger charge is -1.98. The number of nitrogens with zero attached hydrogens (tertiary/aromatic N) is 3. The average molecular weight is 395 g/mol. The molecule has 1 aromatic carbocycles. The normalized spacial score (nSPS) is 10.7. The van der Waals surface area contributed by atoms with Gasteiger partial charge in [0.25, 0.3) is 11.6 Å². The van der Waals surface area contributed by atoms with E-state index in [2.05, 4.69) is 10.5 Å². The van der Waals surface area contributed by atoms with Crippen LogP contribution in [0.2, 0.25) is 0 Å². The van der Waals surface area contributed by atoms with Crippen LogP contribution < -0.4 is 11.2 Å². The summed E-state index contributed by atoms with van der Waals surface area (Å²) in [7, 11) is 0. The summed E-state index contributed by atoms with van der Waals surface area (Å²) in [6, 6.07) is 11.2. The number of nitrogen functional groups attached to an aromatic ring is 1. The summed E-state index contributed by atoms with van der Waals surface area (Å²) in [4.78, 5) is 22.7. The third kappa shape index (κ3) is 3.74. The van der Waals surface area contributed by atoms with Crippen LogP contribution in [0.1, 0.15) is 26.6 Å². The summed E-state index contributed by atoms with van der Waals surface area (Å²) >= 11 is 1.02. The van der Waals surface area contributed by atoms with Crippen molar-refractivity contribution in [2.24, 2.45) is 5.10 Å². The molecule has 0 aliphatic rings. The van der Waals surface area contributed by atoms with Crippen molar-refractivity contribution < 1.29 is 14.1 Å². The van der Waals surface area contributed by atoms with E-state index in [9.17, 15) is 14.9 Å². The van der Waals surface area contributed by atoms with E-state index in [1.54, 1.807) is 31.2 Å². The maximum Gasteiger partial charge on any atom is 0.281 e. The number of carbonyl (C=O) groups is 1. The number of non-ortho nitro benzene ring substituents is 1. The van der Waals surface area contributed by atoms with Crippen LogP contribution in [0.3, 0.4) is 0 Å². The van der Waals surface area contributed by atoms with Gasteiger partial charge in [0.2, 0.25) is 0 Å². The van der Waals surface area contributed by atoms with Gasteiger partial charge in [0.1, 0.15) is 27.5 Å². The minimum absolute atomic E-state index is 0.0103. The molecule has 0 saturated carbocycles. The lowest BCUT2D eigenvalue weighted by atomic mass is 10.1. The molecular weight excluding hydrogens is 382 g/mol. The maximum absolute atomic E-state index is 12.2. The number of hydrazone groups is 1. The van der Waals surface area contributed by atoms with Crippen LogP contribution in [0.15, 0.2) is 45.9 Å². The lowest BCUT2D eigenvalue weighted by molar-refractivity contribution is -0.384. The summed E-state index contributed by atoms with van der Waals surface area (Å²) < 4.78 is 5.59. The van der Waals surface area contributed by atoms with Gasteiger partial charge in [-0.2, -0.15) is 10.4 Å². The number of furan rings is 1. The van der Waals surface area contributed by atoms with Gasteiger partial charge >= 0.3 is 0 Å². The van der Waals surface area contributed by atoms with Crippen molar-refractivity contribution in [3.8, 4) is 17.4 Å². The fourth-order valence-corrected chi connectivity index (χ4v) is 3.34. The highest BCUT2D eigenvalue weighted by molar-refractivity contribution is 7.18. The van der Waals surface area contributed by atoms with E-state index in [1.807, 2.05) is 6.07 Å². The number of nitriles is 1. The van der Waals surface area contributed by atoms with E-state index < -0.39 is 10.8 Å². The van der Waals surface area contributed by atoms with Crippen LogP contribution in [-0.2, 0) is 0 Å². The van der Waals surface area contributed by atoms with E-state index in [-0.39, 0.29) is 16.3 Å². The summed E-state index contributed by atoms with van der Waals surface area (Å²) in [6.45, 7) is 1.65. The maximum atomic E-state index is 12.2. The Morgan fingerprint density at radius 3 is 2.68 bits per heavy atom. The van der Waals surface area contributed by atoms with Gasteiger partial charge in [-0.1, -0.05) is 0 Å². The van der Waals surface area contributed by atoms with Crippen molar-refractivity contribution >= 4 is 34.1 Å². The highest BCUT2D eigenvalue weighted by atomic mass is 32.1. The molecule has 3 aromatic rings. The Bertz CT molecular complexity index is 1120. The molecule has 140 valence electrons. The zero-order chi connectivity index (χ0) is 20.3. The number of anilines is 1. The molecule has 10 heteroatoms. The highest BCUT2D eigenvalue weighted by Gasteiger charge is 2.18. The molecule has 2 aromatic heterocycles. The molecule has 0 bridgehead atoms. The lowest BCUT2D eigenvalue weighted by Crippen LogP contribution is -2.17. The van der Waals surface area contributed by atoms with Crippen molar-refractivity contribution in [1.29, 1.82) is 5.26 Å². The molecule has 3 rings (SSSR count). The third-order valence-electron chi connectivity index (χ3n) is 3.84. The monoisotopic (exact) mass is 395 g/mol. The standard InChI is InChI=1S/C18H13N5O4S/c1-10-14(8-19)17(20)28-16(10)18(24)22-21-9-13-6-7-15(27-13)11-2-4-12(5-3-11)23(25)26/h2-7,9H,20H2,1H3,(H,22,24)/b21-9-. The summed E-state index contributed by atoms with van der Waals surface area (Å²) in [5.41, 5.74) is 9.54. The Labute approximate surface area is 162 Å². The first kappa shape index (κ1) is 18.8. The second-order valence-corrected chi connectivity index (χ2v) is 6.66. The number of nitro benzene ring substituents is 1. The van der Waals surface area contributed by atoms with Gasteiger partial charge < -0.3 is 10.2 Å². The molecule has 28 heavy (non-hydrogen) atoms. The molecule has 2 heterocycles. The molecule has 0 aliphatic heterocycles. The third-order valence-corrected chi connectivity index (χ3v) is 4.96. The van der Waals surface area contributed by atoms with Crippen LogP contribution in [0, 0.1) is 28.4 Å². The number of amides is 1. The number of benzene rings is 1. The molecule has 0 radical (unpaired) electrons. The second kappa shape index (κ2) is 7.73. The first-order valence-corrected chi connectivity index (χ1v) is 8.69. The predicted octanol–water partition coefficient (Wildman–Crippen LogP) is 3.44. The van der Waals surface area contributed by atoms with Gasteiger partial charge in [0.05, 0.1) is 16.7 Å². The molecule has 9 nitrogen and oxygen atoms in total. The van der Waals surface area contributed by atoms with E-state index in [0.717, 1.165) is 11.3 Å². The molecule has 0 saturated heterocycles. The topological polar surface area (TPSA) is 148 Å². The Kier molecular flexibility index (Phi) is 5.19. The van der Waals surface area contributed by atoms with E-state index in [1.165, 1.54) is 18.3 Å². The van der Waals surface area contributed by atoms with Crippen LogP contribution in [0.25, 0.3) is 11.3 Å². The van der Waals surface area contributed by atoms with E-state index in [4.69, 9.17) is 15.4 Å². The fourth-order valence-electron chi connectivity index (χ4n) is 2.42. The van der Waals surface area contributed by atoms with Crippen molar-refractivity contribution in [3.05, 3.63) is 68.3 Å². The number of nitrogens with two attached hydrogens (primary N) is 1. The van der Waals surface area contributed by atoms with Gasteiger partial charge in [-0.25, -0.2) is 5.43 Å². The van der Waals surface area contributed by atoms with Gasteiger partial charge in [-0.15, -0.1) is 11.3 Å². The Balaban J connectivity index is 1.68. The zero-order valence-corrected chi connectivity index (χ0v) is 15.3. The summed E-state index contributed by atoms with van der Waals surface area (Å²) in [6.07, 6.45) is 1.32. The largest absolute Gasteiger partial charge is 0.455 e. The number of carbonyl (C=O) groups excluding carboxylic acids is 1. The van der Waals surface area contributed by atoms with E-state index >= 15 is 0 Å². The molecule has 0 atom stereocenters. The molecule has 1 amide bonds. The fraction of sp³-hybridized carbons (Fsp3) is 0.0556. The Morgan fingerprint density at radius 1 is 1.36 bits per heavy atom. The molecule has 0 fully saturated rings.